The number of amides is 1. The minimum Gasteiger partial charge on any atom is -0.492 e. The molecule has 4 aromatic rings. The first-order valence-corrected chi connectivity index (χ1v) is 12.4. The van der Waals surface area contributed by atoms with Crippen molar-refractivity contribution in [3.63, 3.8) is 0 Å². The molecule has 6 nitrogen and oxygen atoms in total. The number of hydrogen-bond donors (Lipinski definition) is 1. The molecule has 0 heterocycles. The normalized spacial score (nSPS) is 11.2. The zero-order valence-corrected chi connectivity index (χ0v) is 19.7. The van der Waals surface area contributed by atoms with Crippen LogP contribution in [0, 0.1) is 6.92 Å². The van der Waals surface area contributed by atoms with Gasteiger partial charge in [-0.2, -0.15) is 0 Å². The van der Waals surface area contributed by atoms with Crippen LogP contribution in [0.2, 0.25) is 0 Å². The Labute approximate surface area is 199 Å². The molecule has 0 aromatic heterocycles. The molecule has 0 saturated carbocycles. The van der Waals surface area contributed by atoms with Gasteiger partial charge in [0, 0.05) is 0 Å². The first-order chi connectivity index (χ1) is 16.4. The SMILES string of the molecule is Cc1ccc(S(=O)(=O)N(CC(=O)NCCOc2ccc3ccccc3c2)c2ccccc2)cc1. The van der Waals surface area contributed by atoms with Gasteiger partial charge in [-0.1, -0.05) is 66.2 Å². The Morgan fingerprint density at radius 2 is 1.53 bits per heavy atom. The van der Waals surface area contributed by atoms with Crippen molar-refractivity contribution in [1.29, 1.82) is 0 Å². The maximum atomic E-state index is 13.3. The molecule has 0 fully saturated rings. The van der Waals surface area contributed by atoms with Gasteiger partial charge in [-0.05, 0) is 54.1 Å². The number of nitrogens with zero attached hydrogens (tertiary/aromatic N) is 1. The summed E-state index contributed by atoms with van der Waals surface area (Å²) in [6, 6.07) is 29.0. The van der Waals surface area contributed by atoms with Gasteiger partial charge in [0.15, 0.2) is 0 Å². The van der Waals surface area contributed by atoms with Crippen molar-refractivity contribution < 1.29 is 17.9 Å². The number of rotatable bonds is 9. The van der Waals surface area contributed by atoms with E-state index in [4.69, 9.17) is 4.74 Å². The van der Waals surface area contributed by atoms with Gasteiger partial charge >= 0.3 is 0 Å². The summed E-state index contributed by atoms with van der Waals surface area (Å²) in [5.41, 5.74) is 1.38. The highest BCUT2D eigenvalue weighted by Crippen LogP contribution is 2.24. The molecule has 4 aromatic carbocycles. The van der Waals surface area contributed by atoms with Crippen molar-refractivity contribution in [3.8, 4) is 5.75 Å². The van der Waals surface area contributed by atoms with Crippen LogP contribution < -0.4 is 14.4 Å². The van der Waals surface area contributed by atoms with Gasteiger partial charge in [0.2, 0.25) is 5.91 Å². The van der Waals surface area contributed by atoms with E-state index in [2.05, 4.69) is 5.32 Å². The number of fused-ring (bicyclic) bond motifs is 1. The van der Waals surface area contributed by atoms with Crippen molar-refractivity contribution >= 4 is 32.4 Å². The molecule has 0 bridgehead atoms. The van der Waals surface area contributed by atoms with E-state index < -0.39 is 15.9 Å². The monoisotopic (exact) mass is 474 g/mol. The van der Waals surface area contributed by atoms with Crippen LogP contribution in [-0.2, 0) is 14.8 Å². The predicted molar refractivity (Wildman–Crippen MR) is 135 cm³/mol. The number of sulfonamides is 1. The summed E-state index contributed by atoms with van der Waals surface area (Å²) in [6.45, 7) is 2.06. The molecule has 0 aliphatic heterocycles. The molecule has 0 saturated heterocycles. The van der Waals surface area contributed by atoms with E-state index >= 15 is 0 Å². The molecule has 0 unspecified atom stereocenters. The highest BCUT2D eigenvalue weighted by atomic mass is 32.2. The molecule has 0 radical (unpaired) electrons. The lowest BCUT2D eigenvalue weighted by Crippen LogP contribution is -2.41. The van der Waals surface area contributed by atoms with E-state index in [1.807, 2.05) is 49.4 Å². The van der Waals surface area contributed by atoms with Crippen LogP contribution in [0.25, 0.3) is 10.8 Å². The second kappa shape index (κ2) is 10.4. The Kier molecular flexibility index (Phi) is 7.13. The van der Waals surface area contributed by atoms with Crippen LogP contribution >= 0.6 is 0 Å². The average molecular weight is 475 g/mol. The van der Waals surface area contributed by atoms with Gasteiger partial charge in [-0.3, -0.25) is 9.10 Å². The second-order valence-electron chi connectivity index (χ2n) is 7.87. The lowest BCUT2D eigenvalue weighted by molar-refractivity contribution is -0.119. The largest absolute Gasteiger partial charge is 0.492 e. The number of anilines is 1. The summed E-state index contributed by atoms with van der Waals surface area (Å²) in [7, 11) is -3.92. The highest BCUT2D eigenvalue weighted by molar-refractivity contribution is 7.92. The molecular weight excluding hydrogens is 448 g/mol. The number of hydrogen-bond acceptors (Lipinski definition) is 4. The van der Waals surface area contributed by atoms with Crippen LogP contribution in [0.4, 0.5) is 5.69 Å². The van der Waals surface area contributed by atoms with E-state index in [0.29, 0.717) is 11.4 Å². The Balaban J connectivity index is 1.40. The minimum absolute atomic E-state index is 0.134. The summed E-state index contributed by atoms with van der Waals surface area (Å²) in [4.78, 5) is 12.8. The topological polar surface area (TPSA) is 75.7 Å². The van der Waals surface area contributed by atoms with Crippen LogP contribution in [0.1, 0.15) is 5.56 Å². The lowest BCUT2D eigenvalue weighted by atomic mass is 10.1. The summed E-state index contributed by atoms with van der Waals surface area (Å²) < 4.78 is 33.5. The van der Waals surface area contributed by atoms with Crippen LogP contribution in [0.15, 0.2) is 102 Å². The van der Waals surface area contributed by atoms with E-state index in [1.54, 1.807) is 54.6 Å². The molecule has 0 aliphatic rings. The number of aryl methyl sites for hydroxylation is 1. The van der Waals surface area contributed by atoms with E-state index in [0.717, 1.165) is 20.6 Å². The number of benzene rings is 4. The summed E-state index contributed by atoms with van der Waals surface area (Å²) in [5, 5.41) is 4.95. The predicted octanol–water partition coefficient (Wildman–Crippen LogP) is 4.54. The number of carbonyl (C=O) groups excluding carboxylic acids is 1. The molecule has 7 heteroatoms. The van der Waals surface area contributed by atoms with Crippen molar-refractivity contribution in [2.75, 3.05) is 24.0 Å². The Morgan fingerprint density at radius 3 is 2.26 bits per heavy atom. The quantitative estimate of drug-likeness (QED) is 0.362. The van der Waals surface area contributed by atoms with Crippen molar-refractivity contribution in [3.05, 3.63) is 103 Å². The molecule has 1 amide bonds. The van der Waals surface area contributed by atoms with Crippen molar-refractivity contribution in [2.45, 2.75) is 11.8 Å². The number of ether oxygens (including phenoxy) is 1. The van der Waals surface area contributed by atoms with Gasteiger partial charge in [0.1, 0.15) is 18.9 Å². The molecule has 1 N–H and O–H groups in total. The van der Waals surface area contributed by atoms with Gasteiger partial charge in [-0.15, -0.1) is 0 Å². The highest BCUT2D eigenvalue weighted by Gasteiger charge is 2.27. The smallest absolute Gasteiger partial charge is 0.264 e. The Morgan fingerprint density at radius 1 is 0.853 bits per heavy atom. The fourth-order valence-corrected chi connectivity index (χ4v) is 4.97. The van der Waals surface area contributed by atoms with E-state index in [-0.39, 0.29) is 24.6 Å². The fraction of sp³-hybridized carbons (Fsp3) is 0.148. The molecule has 0 aliphatic carbocycles. The van der Waals surface area contributed by atoms with Crippen LogP contribution in [-0.4, -0.2) is 34.0 Å². The third kappa shape index (κ3) is 5.55. The zero-order chi connectivity index (χ0) is 24.0. The number of para-hydroxylation sites is 1. The average Bonchev–Trinajstić information content (AvgIpc) is 2.86. The second-order valence-corrected chi connectivity index (χ2v) is 9.73. The van der Waals surface area contributed by atoms with Gasteiger partial charge in [-0.25, -0.2) is 8.42 Å². The third-order valence-electron chi connectivity index (χ3n) is 5.35. The molecule has 34 heavy (non-hydrogen) atoms. The van der Waals surface area contributed by atoms with E-state index in [1.165, 1.54) is 0 Å². The summed E-state index contributed by atoms with van der Waals surface area (Å²) >= 11 is 0. The Hall–Kier alpha value is -3.84. The number of carbonyl (C=O) groups is 1. The summed E-state index contributed by atoms with van der Waals surface area (Å²) in [6.07, 6.45) is 0. The molecule has 4 rings (SSSR count). The van der Waals surface area contributed by atoms with Crippen LogP contribution in [0.5, 0.6) is 5.75 Å². The minimum atomic E-state index is -3.92. The zero-order valence-electron chi connectivity index (χ0n) is 18.8. The Bertz CT molecular complexity index is 1370. The fourth-order valence-electron chi connectivity index (χ4n) is 3.55. The lowest BCUT2D eigenvalue weighted by Gasteiger charge is -2.24. The van der Waals surface area contributed by atoms with Crippen molar-refractivity contribution in [1.82, 2.24) is 5.32 Å². The maximum absolute atomic E-state index is 13.3. The molecule has 174 valence electrons. The maximum Gasteiger partial charge on any atom is 0.264 e. The van der Waals surface area contributed by atoms with Crippen molar-refractivity contribution in [2.24, 2.45) is 0 Å². The first-order valence-electron chi connectivity index (χ1n) is 11.0. The molecule has 0 atom stereocenters. The summed E-state index contributed by atoms with van der Waals surface area (Å²) in [5.74, 6) is 0.294. The third-order valence-corrected chi connectivity index (χ3v) is 7.14. The molecular formula is C27H26N2O4S. The molecule has 0 spiro atoms. The van der Waals surface area contributed by atoms with Gasteiger partial charge in [0.25, 0.3) is 10.0 Å². The van der Waals surface area contributed by atoms with Gasteiger partial charge < -0.3 is 10.1 Å². The van der Waals surface area contributed by atoms with Gasteiger partial charge in [0.05, 0.1) is 17.1 Å². The van der Waals surface area contributed by atoms with Crippen LogP contribution in [0.3, 0.4) is 0 Å². The number of nitrogens with one attached hydrogen (secondary N) is 1. The first kappa shape index (κ1) is 23.3. The standard InChI is InChI=1S/C27H26N2O4S/c1-21-11-15-26(16-12-21)34(31,32)29(24-9-3-2-4-10-24)20-27(30)28-17-18-33-25-14-13-22-7-5-6-8-23(22)19-25/h2-16,19H,17-18,20H2,1H3,(H,28,30). The van der Waals surface area contributed by atoms with E-state index in [9.17, 15) is 13.2 Å².